The van der Waals surface area contributed by atoms with E-state index in [0.717, 1.165) is 23.1 Å². The molecular formula is C17H13F2N3O4. The Balaban J connectivity index is 1.97. The molecule has 1 N–H and O–H groups in total. The lowest BCUT2D eigenvalue weighted by Gasteiger charge is -2.22. The SMILES string of the molecule is C[C@@]1(c2cc(F)ccc2F)NC(=O)N(Cc2ccccc2[N+](=O)[O-])C1=O. The van der Waals surface area contributed by atoms with Crippen LogP contribution in [0.15, 0.2) is 42.5 Å². The van der Waals surface area contributed by atoms with Crippen molar-refractivity contribution in [3.63, 3.8) is 0 Å². The Morgan fingerprint density at radius 2 is 1.88 bits per heavy atom. The Kier molecular flexibility index (Phi) is 4.15. The third kappa shape index (κ3) is 2.77. The molecule has 7 nitrogen and oxygen atoms in total. The van der Waals surface area contributed by atoms with Gasteiger partial charge in [-0.25, -0.2) is 13.6 Å². The maximum absolute atomic E-state index is 14.1. The van der Waals surface area contributed by atoms with Crippen molar-refractivity contribution in [1.82, 2.24) is 10.2 Å². The molecule has 2 aromatic rings. The van der Waals surface area contributed by atoms with Crippen LogP contribution >= 0.6 is 0 Å². The first-order valence-electron chi connectivity index (χ1n) is 7.56. The molecule has 9 heteroatoms. The van der Waals surface area contributed by atoms with E-state index in [1.54, 1.807) is 0 Å². The second kappa shape index (κ2) is 6.17. The lowest BCUT2D eigenvalue weighted by molar-refractivity contribution is -0.385. The standard InChI is InChI=1S/C17H13F2N3O4/c1-17(12-8-11(18)6-7-13(12)19)15(23)21(16(24)20-17)9-10-4-2-3-5-14(10)22(25)26/h2-8H,9H2,1H3,(H,20,24)/t17-/m0/s1. The summed E-state index contributed by atoms with van der Waals surface area (Å²) >= 11 is 0. The summed E-state index contributed by atoms with van der Waals surface area (Å²) in [7, 11) is 0. The first-order valence-corrected chi connectivity index (χ1v) is 7.56. The molecule has 2 aromatic carbocycles. The Bertz CT molecular complexity index is 934. The number of nitrogens with one attached hydrogen (secondary N) is 1. The average molecular weight is 361 g/mol. The van der Waals surface area contributed by atoms with Crippen LogP contribution in [0.25, 0.3) is 0 Å². The van der Waals surface area contributed by atoms with Crippen molar-refractivity contribution in [2.75, 3.05) is 0 Å². The van der Waals surface area contributed by atoms with Crippen LogP contribution in [0, 0.1) is 21.7 Å². The van der Waals surface area contributed by atoms with Crippen molar-refractivity contribution in [3.8, 4) is 0 Å². The van der Waals surface area contributed by atoms with Crippen molar-refractivity contribution >= 4 is 17.6 Å². The minimum Gasteiger partial charge on any atom is -0.319 e. The summed E-state index contributed by atoms with van der Waals surface area (Å²) in [5.74, 6) is -2.44. The number of halogens is 2. The van der Waals surface area contributed by atoms with Crippen LogP contribution in [0.5, 0.6) is 0 Å². The lowest BCUT2D eigenvalue weighted by atomic mass is 9.91. The molecule has 0 aliphatic carbocycles. The molecule has 1 fully saturated rings. The van der Waals surface area contributed by atoms with Gasteiger partial charge in [-0.1, -0.05) is 18.2 Å². The van der Waals surface area contributed by atoms with Crippen LogP contribution in [-0.4, -0.2) is 21.8 Å². The van der Waals surface area contributed by atoms with Gasteiger partial charge in [0.05, 0.1) is 11.5 Å². The molecule has 1 saturated heterocycles. The highest BCUT2D eigenvalue weighted by Crippen LogP contribution is 2.32. The fourth-order valence-electron chi connectivity index (χ4n) is 2.90. The Labute approximate surface area is 146 Å². The zero-order chi connectivity index (χ0) is 19.1. The van der Waals surface area contributed by atoms with Gasteiger partial charge in [0.25, 0.3) is 11.6 Å². The number of carbonyl (C=O) groups is 2. The lowest BCUT2D eigenvalue weighted by Crippen LogP contribution is -2.41. The third-order valence-electron chi connectivity index (χ3n) is 4.26. The first-order chi connectivity index (χ1) is 12.2. The number of hydrogen-bond donors (Lipinski definition) is 1. The van der Waals surface area contributed by atoms with Crippen molar-refractivity contribution in [1.29, 1.82) is 0 Å². The van der Waals surface area contributed by atoms with E-state index in [0.29, 0.717) is 0 Å². The number of nitro benzene ring substituents is 1. The van der Waals surface area contributed by atoms with E-state index < -0.39 is 34.0 Å². The van der Waals surface area contributed by atoms with Gasteiger partial charge in [0, 0.05) is 17.2 Å². The smallest absolute Gasteiger partial charge is 0.319 e. The average Bonchev–Trinajstić information content (AvgIpc) is 2.81. The van der Waals surface area contributed by atoms with Crippen LogP contribution in [0.4, 0.5) is 19.3 Å². The number of amides is 3. The highest BCUT2D eigenvalue weighted by Gasteiger charge is 2.50. The molecule has 1 aliphatic heterocycles. The zero-order valence-corrected chi connectivity index (χ0v) is 13.5. The number of benzene rings is 2. The predicted molar refractivity (Wildman–Crippen MR) is 85.9 cm³/mol. The van der Waals surface area contributed by atoms with E-state index in [1.165, 1.54) is 31.2 Å². The molecule has 26 heavy (non-hydrogen) atoms. The maximum Gasteiger partial charge on any atom is 0.325 e. The van der Waals surface area contributed by atoms with Gasteiger partial charge < -0.3 is 5.32 Å². The number of carbonyl (C=O) groups excluding carboxylic acids is 2. The number of nitro groups is 1. The quantitative estimate of drug-likeness (QED) is 0.515. The highest BCUT2D eigenvalue weighted by molar-refractivity contribution is 6.07. The Morgan fingerprint density at radius 1 is 1.19 bits per heavy atom. The van der Waals surface area contributed by atoms with E-state index in [2.05, 4.69) is 5.32 Å². The molecule has 134 valence electrons. The molecule has 0 radical (unpaired) electrons. The molecule has 3 rings (SSSR count). The number of rotatable bonds is 4. The number of nitrogens with zero attached hydrogens (tertiary/aromatic N) is 2. The fraction of sp³-hybridized carbons (Fsp3) is 0.176. The van der Waals surface area contributed by atoms with E-state index in [-0.39, 0.29) is 23.4 Å². The van der Waals surface area contributed by atoms with Crippen LogP contribution in [0.3, 0.4) is 0 Å². The first kappa shape index (κ1) is 17.5. The molecule has 0 saturated carbocycles. The molecule has 0 spiro atoms. The van der Waals surface area contributed by atoms with E-state index in [9.17, 15) is 28.5 Å². The summed E-state index contributed by atoms with van der Waals surface area (Å²) in [6, 6.07) is 7.40. The summed E-state index contributed by atoms with van der Waals surface area (Å²) in [6.45, 7) is 0.888. The summed E-state index contributed by atoms with van der Waals surface area (Å²) in [5.41, 5.74) is -2.24. The van der Waals surface area contributed by atoms with Gasteiger partial charge in [-0.3, -0.25) is 19.8 Å². The minimum atomic E-state index is -1.81. The van der Waals surface area contributed by atoms with Crippen molar-refractivity contribution in [2.24, 2.45) is 0 Å². The molecule has 3 amide bonds. The van der Waals surface area contributed by atoms with Crippen molar-refractivity contribution in [3.05, 3.63) is 75.3 Å². The van der Waals surface area contributed by atoms with Crippen LogP contribution < -0.4 is 5.32 Å². The predicted octanol–water partition coefficient (Wildman–Crippen LogP) is 2.84. The molecule has 0 unspecified atom stereocenters. The summed E-state index contributed by atoms with van der Waals surface area (Å²) in [5, 5.41) is 13.4. The summed E-state index contributed by atoms with van der Waals surface area (Å²) < 4.78 is 27.6. The second-order valence-corrected chi connectivity index (χ2v) is 5.96. The third-order valence-corrected chi connectivity index (χ3v) is 4.26. The van der Waals surface area contributed by atoms with Gasteiger partial charge in [-0.2, -0.15) is 0 Å². The highest BCUT2D eigenvalue weighted by atomic mass is 19.1. The van der Waals surface area contributed by atoms with E-state index in [1.807, 2.05) is 0 Å². The number of imide groups is 1. The molecule has 0 aromatic heterocycles. The maximum atomic E-state index is 14.1. The summed E-state index contributed by atoms with van der Waals surface area (Å²) in [6.07, 6.45) is 0. The van der Waals surface area contributed by atoms with Gasteiger partial charge in [-0.05, 0) is 25.1 Å². The summed E-state index contributed by atoms with van der Waals surface area (Å²) in [4.78, 5) is 36.3. The molecule has 0 bridgehead atoms. The monoisotopic (exact) mass is 361 g/mol. The van der Waals surface area contributed by atoms with Crippen molar-refractivity contribution in [2.45, 2.75) is 19.0 Å². The normalized spacial score (nSPS) is 19.6. The molecular weight excluding hydrogens is 348 g/mol. The molecule has 1 heterocycles. The Morgan fingerprint density at radius 3 is 2.58 bits per heavy atom. The number of hydrogen-bond acceptors (Lipinski definition) is 4. The molecule has 1 aliphatic rings. The largest absolute Gasteiger partial charge is 0.325 e. The second-order valence-electron chi connectivity index (χ2n) is 5.96. The van der Waals surface area contributed by atoms with Gasteiger partial charge in [-0.15, -0.1) is 0 Å². The van der Waals surface area contributed by atoms with Crippen LogP contribution in [0.2, 0.25) is 0 Å². The van der Waals surface area contributed by atoms with Crippen LogP contribution in [-0.2, 0) is 16.9 Å². The Hall–Kier alpha value is -3.36. The zero-order valence-electron chi connectivity index (χ0n) is 13.5. The van der Waals surface area contributed by atoms with Gasteiger partial charge in [0.1, 0.15) is 17.2 Å². The van der Waals surface area contributed by atoms with Gasteiger partial charge in [0.2, 0.25) is 0 Å². The number of urea groups is 1. The van der Waals surface area contributed by atoms with E-state index in [4.69, 9.17) is 0 Å². The van der Waals surface area contributed by atoms with Gasteiger partial charge in [0.15, 0.2) is 0 Å². The minimum absolute atomic E-state index is 0.143. The van der Waals surface area contributed by atoms with E-state index >= 15 is 0 Å². The topological polar surface area (TPSA) is 92.6 Å². The molecule has 1 atom stereocenters. The van der Waals surface area contributed by atoms with Gasteiger partial charge >= 0.3 is 6.03 Å². The number of para-hydroxylation sites is 1. The van der Waals surface area contributed by atoms with Crippen molar-refractivity contribution < 1.29 is 23.3 Å². The van der Waals surface area contributed by atoms with Crippen LogP contribution in [0.1, 0.15) is 18.1 Å². The fourth-order valence-corrected chi connectivity index (χ4v) is 2.90.